The topological polar surface area (TPSA) is 119 Å². The predicted octanol–water partition coefficient (Wildman–Crippen LogP) is 8.95. The van der Waals surface area contributed by atoms with Crippen LogP contribution in [-0.2, 0) is 20.8 Å². The summed E-state index contributed by atoms with van der Waals surface area (Å²) in [5.74, 6) is 1.16. The molecule has 0 saturated heterocycles. The molecule has 10 nitrogen and oxygen atoms in total. The summed E-state index contributed by atoms with van der Waals surface area (Å²) in [5, 5.41) is 24.5. The van der Waals surface area contributed by atoms with Crippen LogP contribution < -0.4 is 14.2 Å². The summed E-state index contributed by atoms with van der Waals surface area (Å²) in [6.07, 6.45) is 12.2. The van der Waals surface area contributed by atoms with E-state index >= 15 is 0 Å². The fourth-order valence-electron chi connectivity index (χ4n) is 9.36. The van der Waals surface area contributed by atoms with Crippen molar-refractivity contribution in [1.82, 2.24) is 4.90 Å². The number of aliphatic hydroxyl groups is 2. The highest BCUT2D eigenvalue weighted by Crippen LogP contribution is 2.62. The number of benzene rings is 3. The molecule has 2 N–H and O–H groups in total. The summed E-state index contributed by atoms with van der Waals surface area (Å²) in [6, 6.07) is 21.2. The summed E-state index contributed by atoms with van der Waals surface area (Å²) < 4.78 is 26.4. The molecule has 58 heavy (non-hydrogen) atoms. The van der Waals surface area contributed by atoms with Crippen LogP contribution in [0.3, 0.4) is 0 Å². The summed E-state index contributed by atoms with van der Waals surface area (Å²) in [4.78, 5) is 23.4. The minimum Gasteiger partial charge on any atom is -0.497 e. The van der Waals surface area contributed by atoms with Gasteiger partial charge in [-0.2, -0.15) is 0 Å². The van der Waals surface area contributed by atoms with E-state index in [0.29, 0.717) is 43.1 Å². The second-order valence-corrected chi connectivity index (χ2v) is 16.2. The van der Waals surface area contributed by atoms with E-state index in [2.05, 4.69) is 44.0 Å². The summed E-state index contributed by atoms with van der Waals surface area (Å²) in [5.41, 5.74) is 3.63. The van der Waals surface area contributed by atoms with Crippen LogP contribution in [0, 0.1) is 17.8 Å². The largest absolute Gasteiger partial charge is 0.497 e. The van der Waals surface area contributed by atoms with Gasteiger partial charge in [0.25, 0.3) is 0 Å². The van der Waals surface area contributed by atoms with Gasteiger partial charge in [-0.05, 0) is 116 Å². The third kappa shape index (κ3) is 9.44. The molecule has 6 rings (SSSR count). The molecule has 6 unspecified atom stereocenters. The van der Waals surface area contributed by atoms with E-state index in [-0.39, 0.29) is 55.8 Å². The number of oxime groups is 1. The van der Waals surface area contributed by atoms with Gasteiger partial charge in [0.15, 0.2) is 0 Å². The number of nitrogens with zero attached hydrogens (tertiary/aromatic N) is 2. The second-order valence-electron chi connectivity index (χ2n) is 15.3. The standard InChI is InChI=1S/C47H60N2O8S/c1-6-23-49(44(52)28-32-13-12-15-35(27-32)53-3)43-31-41(48-54-4)39-29-33(14-8-10-24-50)38(16-9-11-25-51)45-40-30-36(56-34-17-20-37(58-5)21-18-34)19-22-42(40)57-47(43,46(39)45)55-26-7-2/h7,12-13,15,17-22,27,29-30,33,38,43,45-46,50-51H,2,6,8-11,14,16,23-26,28,31H2,1,3-5H3. The summed E-state index contributed by atoms with van der Waals surface area (Å²) in [6.45, 7) is 7.04. The molecule has 1 amide bonds. The van der Waals surface area contributed by atoms with Crippen LogP contribution >= 0.6 is 11.8 Å². The quantitative estimate of drug-likeness (QED) is 0.0471. The second kappa shape index (κ2) is 20.6. The molecule has 1 heterocycles. The smallest absolute Gasteiger partial charge is 0.239 e. The SMILES string of the molecule is C=CCOC12Oc3ccc(Oc4ccc(SC)cc4)cc3C3C(CCCCO)C(CCCCO)C=C(C(=NOC)CC1N(CCC)C(=O)Cc1cccc(OC)c1)C32. The molecule has 1 fully saturated rings. The van der Waals surface area contributed by atoms with E-state index in [1.807, 2.05) is 53.4 Å². The van der Waals surface area contributed by atoms with Gasteiger partial charge in [-0.15, -0.1) is 18.3 Å². The molecular formula is C47H60N2O8S. The van der Waals surface area contributed by atoms with Crippen molar-refractivity contribution in [3.8, 4) is 23.0 Å². The number of aliphatic hydroxyl groups excluding tert-OH is 2. The molecule has 3 aromatic rings. The maximum absolute atomic E-state index is 14.8. The van der Waals surface area contributed by atoms with Crippen LogP contribution in [0.25, 0.3) is 0 Å². The number of unbranched alkanes of at least 4 members (excludes halogenated alkanes) is 2. The molecule has 1 saturated carbocycles. The molecule has 0 radical (unpaired) electrons. The van der Waals surface area contributed by atoms with Crippen molar-refractivity contribution in [1.29, 1.82) is 0 Å². The van der Waals surface area contributed by atoms with Crippen LogP contribution in [-0.4, -0.2) is 85.4 Å². The monoisotopic (exact) mass is 812 g/mol. The number of thioether (sulfide) groups is 1. The summed E-state index contributed by atoms with van der Waals surface area (Å²) >= 11 is 1.68. The van der Waals surface area contributed by atoms with Gasteiger partial charge in [0, 0.05) is 42.6 Å². The highest BCUT2D eigenvalue weighted by atomic mass is 32.2. The van der Waals surface area contributed by atoms with Crippen LogP contribution in [0.4, 0.5) is 0 Å². The Morgan fingerprint density at radius 2 is 1.76 bits per heavy atom. The fraction of sp³-hybridized carbons (Fsp3) is 0.489. The van der Waals surface area contributed by atoms with Gasteiger partial charge in [-0.3, -0.25) is 4.79 Å². The van der Waals surface area contributed by atoms with E-state index in [9.17, 15) is 15.0 Å². The predicted molar refractivity (Wildman–Crippen MR) is 229 cm³/mol. The number of carbonyl (C=O) groups is 1. The number of rotatable bonds is 21. The van der Waals surface area contributed by atoms with E-state index in [0.717, 1.165) is 65.2 Å². The molecule has 3 aliphatic rings. The first-order valence-electron chi connectivity index (χ1n) is 20.7. The zero-order valence-electron chi connectivity index (χ0n) is 34.4. The Morgan fingerprint density at radius 1 is 1.00 bits per heavy atom. The zero-order valence-corrected chi connectivity index (χ0v) is 35.3. The van der Waals surface area contributed by atoms with Gasteiger partial charge in [-0.1, -0.05) is 49.2 Å². The molecule has 312 valence electrons. The minimum absolute atomic E-state index is 0.0507. The van der Waals surface area contributed by atoms with Gasteiger partial charge >= 0.3 is 0 Å². The first-order chi connectivity index (χ1) is 28.3. The Labute approximate surface area is 348 Å². The van der Waals surface area contributed by atoms with Gasteiger partial charge in [0.2, 0.25) is 11.7 Å². The number of ether oxygens (including phenoxy) is 4. The van der Waals surface area contributed by atoms with E-state index in [4.69, 9.17) is 28.9 Å². The van der Waals surface area contributed by atoms with Crippen molar-refractivity contribution in [3.05, 3.63) is 102 Å². The van der Waals surface area contributed by atoms with Crippen molar-refractivity contribution in [2.75, 3.05) is 46.8 Å². The molecule has 1 aliphatic heterocycles. The molecule has 3 aromatic carbocycles. The van der Waals surface area contributed by atoms with Crippen LogP contribution in [0.1, 0.15) is 75.3 Å². The normalized spacial score (nSPS) is 23.9. The van der Waals surface area contributed by atoms with Crippen molar-refractivity contribution in [3.63, 3.8) is 0 Å². The van der Waals surface area contributed by atoms with Gasteiger partial charge < -0.3 is 38.9 Å². The van der Waals surface area contributed by atoms with Gasteiger partial charge in [-0.25, -0.2) is 0 Å². The highest BCUT2D eigenvalue weighted by molar-refractivity contribution is 7.98. The lowest BCUT2D eigenvalue weighted by Crippen LogP contribution is -2.70. The third-order valence-corrected chi connectivity index (χ3v) is 12.5. The average molecular weight is 813 g/mol. The van der Waals surface area contributed by atoms with E-state index in [1.54, 1.807) is 32.1 Å². The Kier molecular flexibility index (Phi) is 15.4. The third-order valence-electron chi connectivity index (χ3n) is 11.8. The number of allylic oxidation sites excluding steroid dienone is 1. The maximum atomic E-state index is 14.8. The molecular weight excluding hydrogens is 753 g/mol. The zero-order chi connectivity index (χ0) is 41.1. The molecule has 0 spiro atoms. The highest BCUT2D eigenvalue weighted by Gasteiger charge is 2.65. The summed E-state index contributed by atoms with van der Waals surface area (Å²) in [7, 11) is 3.19. The molecule has 6 atom stereocenters. The molecule has 0 bridgehead atoms. The number of methoxy groups -OCH3 is 1. The lowest BCUT2D eigenvalue weighted by atomic mass is 9.55. The lowest BCUT2D eigenvalue weighted by molar-refractivity contribution is -0.257. The van der Waals surface area contributed by atoms with E-state index < -0.39 is 11.8 Å². The van der Waals surface area contributed by atoms with Crippen molar-refractivity contribution in [2.24, 2.45) is 22.9 Å². The molecule has 2 aliphatic carbocycles. The fourth-order valence-corrected chi connectivity index (χ4v) is 9.76. The number of amides is 1. The van der Waals surface area contributed by atoms with Crippen molar-refractivity contribution < 1.29 is 38.8 Å². The van der Waals surface area contributed by atoms with Crippen LogP contribution in [0.2, 0.25) is 0 Å². The van der Waals surface area contributed by atoms with Crippen molar-refractivity contribution >= 4 is 23.4 Å². The van der Waals surface area contributed by atoms with Gasteiger partial charge in [0.1, 0.15) is 36.1 Å². The lowest BCUT2D eigenvalue weighted by Gasteiger charge is -2.60. The van der Waals surface area contributed by atoms with Crippen LogP contribution in [0.15, 0.2) is 101 Å². The maximum Gasteiger partial charge on any atom is 0.239 e. The Hall–Kier alpha value is -4.29. The molecule has 11 heteroatoms. The first-order valence-corrected chi connectivity index (χ1v) is 21.9. The van der Waals surface area contributed by atoms with Gasteiger partial charge in [0.05, 0.1) is 31.8 Å². The average Bonchev–Trinajstić information content (AvgIpc) is 3.24. The number of carbonyl (C=O) groups excluding carboxylic acids is 1. The molecule has 0 aromatic heterocycles. The first kappa shape index (κ1) is 43.3. The Bertz CT molecular complexity index is 1900. The number of hydrogen-bond acceptors (Lipinski definition) is 10. The van der Waals surface area contributed by atoms with E-state index in [1.165, 1.54) is 0 Å². The number of hydrogen-bond donors (Lipinski definition) is 2. The Morgan fingerprint density at radius 3 is 2.45 bits per heavy atom. The van der Waals surface area contributed by atoms with Crippen molar-refractivity contribution in [2.45, 2.75) is 87.4 Å². The number of fused-ring (bicyclic) bond motifs is 2. The Balaban J connectivity index is 1.54. The van der Waals surface area contributed by atoms with Crippen LogP contribution in [0.5, 0.6) is 23.0 Å². The minimum atomic E-state index is -1.31.